The maximum atomic E-state index is 15.3. The quantitative estimate of drug-likeness (QED) is 0.119. The number of carbonyl (C=O) groups is 6. The summed E-state index contributed by atoms with van der Waals surface area (Å²) >= 11 is 0. The first-order valence-corrected chi connectivity index (χ1v) is 21.5. The Labute approximate surface area is 377 Å². The molecule has 0 aliphatic heterocycles. The molecular weight excluding hydrogens is 805 g/mol. The molecule has 5 rings (SSSR count). The second kappa shape index (κ2) is 22.8. The van der Waals surface area contributed by atoms with Gasteiger partial charge in [-0.1, -0.05) is 152 Å². The van der Waals surface area contributed by atoms with Gasteiger partial charge in [-0.2, -0.15) is 0 Å². The number of primary amides is 1. The minimum atomic E-state index is -1.14. The van der Waals surface area contributed by atoms with Gasteiger partial charge in [-0.05, 0) is 27.8 Å². The molecule has 0 fully saturated rings. The molecule has 0 heterocycles. The smallest absolute Gasteiger partial charge is 0.246 e. The van der Waals surface area contributed by atoms with E-state index in [9.17, 15) is 19.2 Å². The van der Waals surface area contributed by atoms with Crippen LogP contribution in [0.15, 0.2) is 152 Å². The molecule has 0 unspecified atom stereocenters. The van der Waals surface area contributed by atoms with Crippen LogP contribution in [0.25, 0.3) is 0 Å². The topological polar surface area (TPSA) is 145 Å². The van der Waals surface area contributed by atoms with Gasteiger partial charge in [-0.25, -0.2) is 0 Å². The zero-order chi connectivity index (χ0) is 46.3. The summed E-state index contributed by atoms with van der Waals surface area (Å²) in [6.07, 6.45) is 0.706. The largest absolute Gasteiger partial charge is 0.368 e. The van der Waals surface area contributed by atoms with Gasteiger partial charge in [0.1, 0.15) is 30.2 Å². The maximum absolute atomic E-state index is 15.3. The molecule has 12 nitrogen and oxygen atoms in total. The van der Waals surface area contributed by atoms with Gasteiger partial charge in [0, 0.05) is 74.3 Å². The van der Waals surface area contributed by atoms with E-state index < -0.39 is 59.7 Å². The molecule has 0 spiro atoms. The van der Waals surface area contributed by atoms with Crippen LogP contribution >= 0.6 is 0 Å². The Bertz CT molecular complexity index is 2320. The van der Waals surface area contributed by atoms with E-state index in [0.29, 0.717) is 0 Å². The molecule has 0 aliphatic rings. The Kier molecular flexibility index (Phi) is 17.1. The maximum Gasteiger partial charge on any atom is 0.246 e. The van der Waals surface area contributed by atoms with E-state index in [1.807, 2.05) is 152 Å². The van der Waals surface area contributed by atoms with E-state index in [2.05, 4.69) is 0 Å². The van der Waals surface area contributed by atoms with Crippen molar-refractivity contribution in [1.82, 2.24) is 24.5 Å². The van der Waals surface area contributed by atoms with Crippen molar-refractivity contribution in [1.29, 1.82) is 0 Å². The van der Waals surface area contributed by atoms with E-state index in [1.54, 1.807) is 21.1 Å². The number of benzene rings is 5. The van der Waals surface area contributed by atoms with E-state index in [0.717, 1.165) is 27.8 Å². The standard InChI is InChI=1S/C52H60N6O6/c1-37(59)54(2)44(33-39-24-14-8-15-25-39)49(61)56(4)46(35-41-28-18-10-19-29-41)51(63)58(6)47(36-42-30-20-11-21-31-42)52(64)57(5)45(34-40-26-16-9-17-27-40)50(62)55(3)43(48(53)60)32-38-22-12-7-13-23-38/h7-31,43-47H,32-36H2,1-6H3,(H2,53,60)/t43-,44-,45-,46-,47-/m0/s1. The molecule has 5 atom stereocenters. The van der Waals surface area contributed by atoms with Crippen LogP contribution in [0.5, 0.6) is 0 Å². The fourth-order valence-corrected chi connectivity index (χ4v) is 7.95. The van der Waals surface area contributed by atoms with Gasteiger partial charge < -0.3 is 30.2 Å². The number of amides is 6. The highest BCUT2D eigenvalue weighted by Crippen LogP contribution is 2.22. The summed E-state index contributed by atoms with van der Waals surface area (Å²) in [6.45, 7) is 1.40. The highest BCUT2D eigenvalue weighted by molar-refractivity contribution is 5.96. The summed E-state index contributed by atoms with van der Waals surface area (Å²) in [7, 11) is 7.73. The van der Waals surface area contributed by atoms with Crippen LogP contribution in [0.2, 0.25) is 0 Å². The van der Waals surface area contributed by atoms with Crippen LogP contribution < -0.4 is 5.73 Å². The SMILES string of the molecule is CC(=O)N(C)[C@@H](Cc1ccccc1)C(=O)N(C)[C@@H](Cc1ccccc1)C(=O)N(C)[C@@H](Cc1ccccc1)C(=O)N(C)[C@@H](Cc1ccccc1)C(=O)N(C)[C@@H](Cc1ccccc1)C(N)=O. The third kappa shape index (κ3) is 12.5. The number of nitrogens with zero attached hydrogens (tertiary/aromatic N) is 5. The second-order valence-electron chi connectivity index (χ2n) is 16.4. The second-order valence-corrected chi connectivity index (χ2v) is 16.4. The first-order valence-electron chi connectivity index (χ1n) is 21.5. The predicted molar refractivity (Wildman–Crippen MR) is 248 cm³/mol. The summed E-state index contributed by atoms with van der Waals surface area (Å²) in [6, 6.07) is 41.2. The van der Waals surface area contributed by atoms with Crippen molar-refractivity contribution >= 4 is 35.4 Å². The third-order valence-corrected chi connectivity index (χ3v) is 12.1. The Hall–Kier alpha value is -7.08. The van der Waals surface area contributed by atoms with Crippen molar-refractivity contribution in [2.45, 2.75) is 69.2 Å². The summed E-state index contributed by atoms with van der Waals surface area (Å²) < 4.78 is 0. The lowest BCUT2D eigenvalue weighted by atomic mass is 9.97. The minimum absolute atomic E-state index is 0.0890. The van der Waals surface area contributed by atoms with Crippen molar-refractivity contribution < 1.29 is 28.8 Å². The number of hydrogen-bond acceptors (Lipinski definition) is 6. The molecule has 0 saturated heterocycles. The Morgan fingerprint density at radius 2 is 0.531 bits per heavy atom. The molecule has 0 saturated carbocycles. The highest BCUT2D eigenvalue weighted by Gasteiger charge is 2.41. The minimum Gasteiger partial charge on any atom is -0.368 e. The van der Waals surface area contributed by atoms with Crippen LogP contribution in [-0.2, 0) is 60.9 Å². The zero-order valence-electron chi connectivity index (χ0n) is 37.6. The lowest BCUT2D eigenvalue weighted by molar-refractivity contribution is -0.154. The van der Waals surface area contributed by atoms with Crippen LogP contribution in [-0.4, -0.2) is 125 Å². The molecule has 0 aromatic heterocycles. The summed E-state index contributed by atoms with van der Waals surface area (Å²) in [5.41, 5.74) is 9.91. The summed E-state index contributed by atoms with van der Waals surface area (Å²) in [5.74, 6) is -2.97. The van der Waals surface area contributed by atoms with Crippen molar-refractivity contribution in [3.05, 3.63) is 179 Å². The van der Waals surface area contributed by atoms with Crippen LogP contribution in [0.1, 0.15) is 34.7 Å². The predicted octanol–water partition coefficient (Wildman–Crippen LogP) is 4.84. The summed E-state index contributed by atoms with van der Waals surface area (Å²) in [4.78, 5) is 92.5. The highest BCUT2D eigenvalue weighted by atomic mass is 16.2. The van der Waals surface area contributed by atoms with E-state index in [4.69, 9.17) is 5.73 Å². The molecule has 6 amide bonds. The monoisotopic (exact) mass is 864 g/mol. The molecule has 0 bridgehead atoms. The Morgan fingerprint density at radius 3 is 0.734 bits per heavy atom. The van der Waals surface area contributed by atoms with Gasteiger partial charge >= 0.3 is 0 Å². The fraction of sp³-hybridized carbons (Fsp3) is 0.308. The average Bonchev–Trinajstić information content (AvgIpc) is 3.32. The van der Waals surface area contributed by atoms with Crippen LogP contribution in [0.4, 0.5) is 0 Å². The normalized spacial score (nSPS) is 13.3. The average molecular weight is 865 g/mol. The molecule has 5 aromatic rings. The van der Waals surface area contributed by atoms with E-state index in [1.165, 1.54) is 45.5 Å². The van der Waals surface area contributed by atoms with Gasteiger partial charge in [0.15, 0.2) is 0 Å². The summed E-state index contributed by atoms with van der Waals surface area (Å²) in [5, 5.41) is 0. The Morgan fingerprint density at radius 1 is 0.344 bits per heavy atom. The van der Waals surface area contributed by atoms with E-state index >= 15 is 9.59 Å². The molecule has 2 N–H and O–H groups in total. The zero-order valence-corrected chi connectivity index (χ0v) is 37.6. The van der Waals surface area contributed by atoms with Gasteiger partial charge in [0.25, 0.3) is 0 Å². The molecule has 0 radical (unpaired) electrons. The first kappa shape index (κ1) is 48.0. The lowest BCUT2D eigenvalue weighted by Crippen LogP contribution is -2.61. The van der Waals surface area contributed by atoms with Crippen molar-refractivity contribution in [2.75, 3.05) is 35.2 Å². The number of likely N-dealkylation sites (N-methyl/N-ethyl adjacent to an activating group) is 5. The van der Waals surface area contributed by atoms with E-state index in [-0.39, 0.29) is 38.0 Å². The number of rotatable bonds is 20. The van der Waals surface area contributed by atoms with Gasteiger partial charge in [0.05, 0.1) is 0 Å². The van der Waals surface area contributed by atoms with Crippen molar-refractivity contribution in [3.63, 3.8) is 0 Å². The number of carbonyl (C=O) groups excluding carboxylic acids is 6. The van der Waals surface area contributed by atoms with Gasteiger partial charge in [-0.15, -0.1) is 0 Å². The molecule has 64 heavy (non-hydrogen) atoms. The van der Waals surface area contributed by atoms with Gasteiger partial charge in [-0.3, -0.25) is 28.8 Å². The van der Waals surface area contributed by atoms with Crippen molar-refractivity contribution in [2.24, 2.45) is 5.73 Å². The molecule has 5 aromatic carbocycles. The first-order chi connectivity index (χ1) is 30.7. The third-order valence-electron chi connectivity index (χ3n) is 12.1. The number of hydrogen-bond donors (Lipinski definition) is 1. The fourth-order valence-electron chi connectivity index (χ4n) is 7.95. The molecule has 12 heteroatoms. The van der Waals surface area contributed by atoms with Crippen LogP contribution in [0, 0.1) is 0 Å². The molecule has 334 valence electrons. The van der Waals surface area contributed by atoms with Gasteiger partial charge in [0.2, 0.25) is 35.4 Å². The lowest BCUT2D eigenvalue weighted by Gasteiger charge is -2.39. The Balaban J connectivity index is 1.54. The number of nitrogens with two attached hydrogens (primary N) is 1. The van der Waals surface area contributed by atoms with Crippen LogP contribution in [0.3, 0.4) is 0 Å². The van der Waals surface area contributed by atoms with Crippen molar-refractivity contribution in [3.8, 4) is 0 Å². The molecular formula is C52H60N6O6. The molecule has 0 aliphatic carbocycles.